The summed E-state index contributed by atoms with van der Waals surface area (Å²) < 4.78 is 0. The summed E-state index contributed by atoms with van der Waals surface area (Å²) in [4.78, 5) is 0. The molecule has 1 atom stereocenters. The van der Waals surface area contributed by atoms with Gasteiger partial charge < -0.3 is 10.4 Å². The van der Waals surface area contributed by atoms with Gasteiger partial charge in [-0.2, -0.15) is 0 Å². The Balaban J connectivity index is 1.95. The second kappa shape index (κ2) is 7.22. The average molecular weight is 269 g/mol. The lowest BCUT2D eigenvalue weighted by Gasteiger charge is -2.18. The van der Waals surface area contributed by atoms with E-state index in [9.17, 15) is 5.11 Å². The molecule has 0 aromatic heterocycles. The number of hydrogen-bond donors (Lipinski definition) is 2. The molecule has 2 rings (SSSR count). The number of aliphatic hydroxyl groups excluding tert-OH is 1. The van der Waals surface area contributed by atoms with Crippen molar-refractivity contribution in [2.45, 2.75) is 32.9 Å². The highest BCUT2D eigenvalue weighted by Gasteiger charge is 2.09. The zero-order valence-corrected chi connectivity index (χ0v) is 12.3. The SMILES string of the molecule is Cc1cccc(CNC(CO)Cc2ccccc2)c1C. The number of hydrogen-bond acceptors (Lipinski definition) is 2. The van der Waals surface area contributed by atoms with Gasteiger partial charge in [-0.15, -0.1) is 0 Å². The van der Waals surface area contributed by atoms with Gasteiger partial charge >= 0.3 is 0 Å². The number of nitrogens with one attached hydrogen (secondary N) is 1. The summed E-state index contributed by atoms with van der Waals surface area (Å²) in [5, 5.41) is 13.0. The second-order valence-electron chi connectivity index (χ2n) is 5.31. The summed E-state index contributed by atoms with van der Waals surface area (Å²) in [5.41, 5.74) is 5.20. The van der Waals surface area contributed by atoms with E-state index in [1.54, 1.807) is 0 Å². The fourth-order valence-electron chi connectivity index (χ4n) is 2.36. The maximum absolute atomic E-state index is 9.53. The predicted molar refractivity (Wildman–Crippen MR) is 83.8 cm³/mol. The third-order valence-electron chi connectivity index (χ3n) is 3.84. The molecule has 0 fully saturated rings. The molecule has 0 aliphatic carbocycles. The van der Waals surface area contributed by atoms with E-state index in [1.807, 2.05) is 18.2 Å². The van der Waals surface area contributed by atoms with E-state index in [4.69, 9.17) is 0 Å². The Labute approximate surface area is 121 Å². The quantitative estimate of drug-likeness (QED) is 0.845. The molecule has 0 aliphatic heterocycles. The van der Waals surface area contributed by atoms with Crippen molar-refractivity contribution in [2.75, 3.05) is 6.61 Å². The van der Waals surface area contributed by atoms with Gasteiger partial charge in [-0.3, -0.25) is 0 Å². The van der Waals surface area contributed by atoms with Crippen molar-refractivity contribution >= 4 is 0 Å². The maximum Gasteiger partial charge on any atom is 0.0587 e. The molecule has 1 unspecified atom stereocenters. The van der Waals surface area contributed by atoms with Crippen LogP contribution in [0.1, 0.15) is 22.3 Å². The first-order valence-electron chi connectivity index (χ1n) is 7.14. The summed E-state index contributed by atoms with van der Waals surface area (Å²) >= 11 is 0. The van der Waals surface area contributed by atoms with Gasteiger partial charge in [-0.1, -0.05) is 48.5 Å². The van der Waals surface area contributed by atoms with Gasteiger partial charge in [0.1, 0.15) is 0 Å². The van der Waals surface area contributed by atoms with Gasteiger partial charge in [0, 0.05) is 12.6 Å². The number of rotatable bonds is 6. The van der Waals surface area contributed by atoms with Gasteiger partial charge in [-0.25, -0.2) is 0 Å². The minimum absolute atomic E-state index is 0.0947. The lowest BCUT2D eigenvalue weighted by Crippen LogP contribution is -2.34. The zero-order valence-electron chi connectivity index (χ0n) is 12.3. The van der Waals surface area contributed by atoms with E-state index in [0.29, 0.717) is 0 Å². The third-order valence-corrected chi connectivity index (χ3v) is 3.84. The molecule has 0 heterocycles. The predicted octanol–water partition coefficient (Wildman–Crippen LogP) is 3.00. The van der Waals surface area contributed by atoms with E-state index in [2.05, 4.69) is 49.5 Å². The van der Waals surface area contributed by atoms with Crippen molar-refractivity contribution in [3.8, 4) is 0 Å². The largest absolute Gasteiger partial charge is 0.395 e. The average Bonchev–Trinajstić information content (AvgIpc) is 2.48. The minimum Gasteiger partial charge on any atom is -0.395 e. The molecule has 0 aliphatic rings. The summed E-state index contributed by atoms with van der Waals surface area (Å²) in [7, 11) is 0. The Kier molecular flexibility index (Phi) is 5.33. The van der Waals surface area contributed by atoms with Crippen LogP contribution in [-0.4, -0.2) is 17.8 Å². The van der Waals surface area contributed by atoms with Crippen LogP contribution in [-0.2, 0) is 13.0 Å². The normalized spacial score (nSPS) is 12.3. The first-order chi connectivity index (χ1) is 9.70. The van der Waals surface area contributed by atoms with Crippen LogP contribution in [0.15, 0.2) is 48.5 Å². The molecule has 0 radical (unpaired) electrons. The van der Waals surface area contributed by atoms with Crippen molar-refractivity contribution in [1.29, 1.82) is 0 Å². The molecule has 0 saturated carbocycles. The standard InChI is InChI=1S/C18H23NO/c1-14-7-6-10-17(15(14)2)12-19-18(13-20)11-16-8-4-3-5-9-16/h3-10,18-20H,11-13H2,1-2H3. The van der Waals surface area contributed by atoms with Crippen molar-refractivity contribution in [2.24, 2.45) is 0 Å². The Hall–Kier alpha value is -1.64. The maximum atomic E-state index is 9.53. The van der Waals surface area contributed by atoms with Crippen LogP contribution in [0.5, 0.6) is 0 Å². The van der Waals surface area contributed by atoms with Crippen LogP contribution in [0, 0.1) is 13.8 Å². The first-order valence-corrected chi connectivity index (χ1v) is 7.14. The van der Waals surface area contributed by atoms with Crippen LogP contribution in [0.2, 0.25) is 0 Å². The highest BCUT2D eigenvalue weighted by Crippen LogP contribution is 2.13. The Morgan fingerprint density at radius 2 is 1.75 bits per heavy atom. The molecule has 2 aromatic carbocycles. The van der Waals surface area contributed by atoms with Gasteiger partial charge in [0.2, 0.25) is 0 Å². The lowest BCUT2D eigenvalue weighted by atomic mass is 10.0. The summed E-state index contributed by atoms with van der Waals surface area (Å²) in [6.07, 6.45) is 0.849. The van der Waals surface area contributed by atoms with Crippen molar-refractivity contribution in [3.05, 3.63) is 70.8 Å². The highest BCUT2D eigenvalue weighted by molar-refractivity contribution is 5.33. The summed E-state index contributed by atoms with van der Waals surface area (Å²) in [6, 6.07) is 16.7. The number of benzene rings is 2. The summed E-state index contributed by atoms with van der Waals surface area (Å²) in [6.45, 7) is 5.23. The van der Waals surface area contributed by atoms with Crippen LogP contribution in [0.4, 0.5) is 0 Å². The van der Waals surface area contributed by atoms with Crippen molar-refractivity contribution in [3.63, 3.8) is 0 Å². The van der Waals surface area contributed by atoms with E-state index in [1.165, 1.54) is 22.3 Å². The Morgan fingerprint density at radius 1 is 1.00 bits per heavy atom. The van der Waals surface area contributed by atoms with Gasteiger partial charge in [0.25, 0.3) is 0 Å². The molecular weight excluding hydrogens is 246 g/mol. The van der Waals surface area contributed by atoms with Crippen LogP contribution in [0.25, 0.3) is 0 Å². The number of aliphatic hydroxyl groups is 1. The molecule has 2 nitrogen and oxygen atoms in total. The smallest absolute Gasteiger partial charge is 0.0587 e. The molecule has 0 amide bonds. The van der Waals surface area contributed by atoms with Crippen molar-refractivity contribution in [1.82, 2.24) is 5.32 Å². The molecule has 2 N–H and O–H groups in total. The Bertz CT molecular complexity index is 536. The van der Waals surface area contributed by atoms with E-state index in [-0.39, 0.29) is 12.6 Å². The molecule has 2 heteroatoms. The molecule has 0 saturated heterocycles. The zero-order chi connectivity index (χ0) is 14.4. The first kappa shape index (κ1) is 14.8. The lowest BCUT2D eigenvalue weighted by molar-refractivity contribution is 0.240. The van der Waals surface area contributed by atoms with Crippen LogP contribution < -0.4 is 5.32 Å². The molecule has 2 aromatic rings. The van der Waals surface area contributed by atoms with E-state index >= 15 is 0 Å². The van der Waals surface area contributed by atoms with Gasteiger partial charge in [-0.05, 0) is 42.5 Å². The topological polar surface area (TPSA) is 32.3 Å². The van der Waals surface area contributed by atoms with E-state index < -0.39 is 0 Å². The van der Waals surface area contributed by atoms with E-state index in [0.717, 1.165) is 13.0 Å². The molecule has 20 heavy (non-hydrogen) atoms. The molecule has 0 bridgehead atoms. The highest BCUT2D eigenvalue weighted by atomic mass is 16.3. The Morgan fingerprint density at radius 3 is 2.45 bits per heavy atom. The van der Waals surface area contributed by atoms with Gasteiger partial charge in [0.15, 0.2) is 0 Å². The van der Waals surface area contributed by atoms with Crippen molar-refractivity contribution < 1.29 is 5.11 Å². The van der Waals surface area contributed by atoms with Crippen LogP contribution in [0.3, 0.4) is 0 Å². The summed E-state index contributed by atoms with van der Waals surface area (Å²) in [5.74, 6) is 0. The molecule has 106 valence electrons. The second-order valence-corrected chi connectivity index (χ2v) is 5.31. The minimum atomic E-state index is 0.0947. The fraction of sp³-hybridized carbons (Fsp3) is 0.333. The monoisotopic (exact) mass is 269 g/mol. The fourth-order valence-corrected chi connectivity index (χ4v) is 2.36. The molecular formula is C18H23NO. The van der Waals surface area contributed by atoms with Crippen LogP contribution >= 0.6 is 0 Å². The molecule has 0 spiro atoms. The third kappa shape index (κ3) is 3.92. The number of aryl methyl sites for hydroxylation is 1. The van der Waals surface area contributed by atoms with Gasteiger partial charge in [0.05, 0.1) is 6.61 Å².